The van der Waals surface area contributed by atoms with Gasteiger partial charge >= 0.3 is 0 Å². The van der Waals surface area contributed by atoms with Gasteiger partial charge in [0.05, 0.1) is 24.7 Å². The van der Waals surface area contributed by atoms with Gasteiger partial charge in [0.15, 0.2) is 0 Å². The molecule has 1 aliphatic rings. The molecule has 2 atom stereocenters. The third-order valence-electron chi connectivity index (χ3n) is 3.34. The second-order valence-corrected chi connectivity index (χ2v) is 5.16. The first-order valence-corrected chi connectivity index (χ1v) is 6.66. The molecule has 1 aromatic rings. The summed E-state index contributed by atoms with van der Waals surface area (Å²) in [6.45, 7) is 4.13. The van der Waals surface area contributed by atoms with E-state index in [1.54, 1.807) is 6.07 Å². The predicted molar refractivity (Wildman–Crippen MR) is 73.8 cm³/mol. The number of nitrogens with two attached hydrogens (primary N) is 1. The van der Waals surface area contributed by atoms with Gasteiger partial charge in [0.2, 0.25) is 0 Å². The second kappa shape index (κ2) is 5.94. The summed E-state index contributed by atoms with van der Waals surface area (Å²) in [6.07, 6.45) is 2.70. The summed E-state index contributed by atoms with van der Waals surface area (Å²) >= 11 is 0. The van der Waals surface area contributed by atoms with E-state index < -0.39 is 0 Å². The van der Waals surface area contributed by atoms with Crippen molar-refractivity contribution >= 4 is 5.69 Å². The molecule has 4 nitrogen and oxygen atoms in total. The smallest absolute Gasteiger partial charge is 0.120 e. The number of benzene rings is 1. The molecule has 0 aliphatic carbocycles. The lowest BCUT2D eigenvalue weighted by molar-refractivity contribution is -0.0721. The molecule has 0 radical (unpaired) electrons. The monoisotopic (exact) mass is 260 g/mol. The topological polar surface area (TPSA) is 68.3 Å². The van der Waals surface area contributed by atoms with Gasteiger partial charge in [-0.15, -0.1) is 0 Å². The molecule has 0 aromatic heterocycles. The molecule has 1 fully saturated rings. The zero-order valence-corrected chi connectivity index (χ0v) is 11.4. The van der Waals surface area contributed by atoms with Gasteiger partial charge in [-0.3, -0.25) is 0 Å². The maximum atomic E-state index is 8.76. The van der Waals surface area contributed by atoms with Crippen LogP contribution in [-0.2, 0) is 11.2 Å². The molecular formula is C15H20N2O2. The van der Waals surface area contributed by atoms with Crippen LogP contribution in [0.3, 0.4) is 0 Å². The van der Waals surface area contributed by atoms with E-state index in [9.17, 15) is 0 Å². The maximum absolute atomic E-state index is 8.76. The van der Waals surface area contributed by atoms with Crippen LogP contribution in [0.15, 0.2) is 18.2 Å². The Morgan fingerprint density at radius 1 is 1.37 bits per heavy atom. The lowest BCUT2D eigenvalue weighted by atomic mass is 10.0. The van der Waals surface area contributed by atoms with Crippen molar-refractivity contribution in [3.05, 3.63) is 23.8 Å². The number of nitrogen functional groups attached to an aromatic ring is 1. The van der Waals surface area contributed by atoms with Gasteiger partial charge in [0.25, 0.3) is 0 Å². The standard InChI is InChI=1S/C15H20N2O2/c1-10-7-14(8-11(2)18-10)19-13-3-4-15(17)12(9-13)5-6-16/h3-4,9-11,14H,5,7-8,17H2,1-2H3. The van der Waals surface area contributed by atoms with Crippen molar-refractivity contribution < 1.29 is 9.47 Å². The molecule has 2 unspecified atom stereocenters. The Bertz CT molecular complexity index is 472. The SMILES string of the molecule is CC1CC(Oc2ccc(N)c(CC#N)c2)CC(C)O1. The Morgan fingerprint density at radius 2 is 2.05 bits per heavy atom. The molecule has 1 aromatic carbocycles. The molecule has 2 rings (SSSR count). The number of nitrogens with zero attached hydrogens (tertiary/aromatic N) is 1. The third kappa shape index (κ3) is 3.62. The quantitative estimate of drug-likeness (QED) is 0.848. The van der Waals surface area contributed by atoms with Crippen molar-refractivity contribution in [3.8, 4) is 11.8 Å². The van der Waals surface area contributed by atoms with Gasteiger partial charge in [-0.1, -0.05) is 0 Å². The molecule has 1 saturated heterocycles. The van der Waals surface area contributed by atoms with Gasteiger partial charge in [0.1, 0.15) is 11.9 Å². The van der Waals surface area contributed by atoms with E-state index in [0.29, 0.717) is 12.1 Å². The van der Waals surface area contributed by atoms with Crippen LogP contribution in [0.5, 0.6) is 5.75 Å². The lowest BCUT2D eigenvalue weighted by Gasteiger charge is -2.32. The van der Waals surface area contributed by atoms with Crippen LogP contribution in [0.4, 0.5) is 5.69 Å². The summed E-state index contributed by atoms with van der Waals surface area (Å²) in [5.74, 6) is 0.783. The van der Waals surface area contributed by atoms with Gasteiger partial charge in [-0.25, -0.2) is 0 Å². The Morgan fingerprint density at radius 3 is 2.68 bits per heavy atom. The summed E-state index contributed by atoms with van der Waals surface area (Å²) in [6, 6.07) is 7.64. The fourth-order valence-corrected chi connectivity index (χ4v) is 2.53. The Labute approximate surface area is 114 Å². The molecule has 1 heterocycles. The average molecular weight is 260 g/mol. The van der Waals surface area contributed by atoms with Crippen LogP contribution < -0.4 is 10.5 Å². The van der Waals surface area contributed by atoms with Crippen molar-refractivity contribution in [2.45, 2.75) is 51.4 Å². The molecule has 4 heteroatoms. The third-order valence-corrected chi connectivity index (χ3v) is 3.34. The fourth-order valence-electron chi connectivity index (χ4n) is 2.53. The van der Waals surface area contributed by atoms with Crippen LogP contribution in [-0.4, -0.2) is 18.3 Å². The van der Waals surface area contributed by atoms with E-state index in [2.05, 4.69) is 19.9 Å². The number of rotatable bonds is 3. The average Bonchev–Trinajstić information content (AvgIpc) is 2.32. The Balaban J connectivity index is 2.06. The van der Waals surface area contributed by atoms with Crippen LogP contribution >= 0.6 is 0 Å². The van der Waals surface area contributed by atoms with E-state index in [1.807, 2.05) is 12.1 Å². The van der Waals surface area contributed by atoms with Crippen molar-refractivity contribution in [2.24, 2.45) is 0 Å². The minimum Gasteiger partial charge on any atom is -0.490 e. The first kappa shape index (κ1) is 13.7. The molecule has 0 spiro atoms. The number of ether oxygens (including phenoxy) is 2. The number of nitriles is 1. The zero-order valence-electron chi connectivity index (χ0n) is 11.4. The molecule has 102 valence electrons. The molecule has 2 N–H and O–H groups in total. The molecule has 0 amide bonds. The first-order valence-electron chi connectivity index (χ1n) is 6.66. The fraction of sp³-hybridized carbons (Fsp3) is 0.533. The van der Waals surface area contributed by atoms with E-state index in [4.69, 9.17) is 20.5 Å². The van der Waals surface area contributed by atoms with E-state index >= 15 is 0 Å². The molecule has 1 aliphatic heterocycles. The van der Waals surface area contributed by atoms with Gasteiger partial charge in [0, 0.05) is 18.5 Å². The van der Waals surface area contributed by atoms with E-state index in [1.165, 1.54) is 0 Å². The van der Waals surface area contributed by atoms with Gasteiger partial charge in [-0.2, -0.15) is 5.26 Å². The van der Waals surface area contributed by atoms with Gasteiger partial charge in [-0.05, 0) is 37.6 Å². The van der Waals surface area contributed by atoms with Crippen molar-refractivity contribution in [2.75, 3.05) is 5.73 Å². The predicted octanol–water partition coefficient (Wildman–Crippen LogP) is 2.67. The molecular weight excluding hydrogens is 240 g/mol. The van der Waals surface area contributed by atoms with Crippen molar-refractivity contribution in [1.29, 1.82) is 5.26 Å². The highest BCUT2D eigenvalue weighted by Gasteiger charge is 2.25. The van der Waals surface area contributed by atoms with Crippen molar-refractivity contribution in [3.63, 3.8) is 0 Å². The molecule has 0 bridgehead atoms. The molecule has 19 heavy (non-hydrogen) atoms. The highest BCUT2D eigenvalue weighted by molar-refractivity contribution is 5.51. The Hall–Kier alpha value is -1.73. The highest BCUT2D eigenvalue weighted by Crippen LogP contribution is 2.26. The summed E-state index contributed by atoms with van der Waals surface area (Å²) in [5.41, 5.74) is 7.29. The van der Waals surface area contributed by atoms with Gasteiger partial charge < -0.3 is 15.2 Å². The second-order valence-electron chi connectivity index (χ2n) is 5.16. The minimum atomic E-state index is 0.164. The highest BCUT2D eigenvalue weighted by atomic mass is 16.5. The Kier molecular flexibility index (Phi) is 4.28. The number of hydrogen-bond donors (Lipinski definition) is 1. The van der Waals surface area contributed by atoms with Crippen LogP contribution in [0.2, 0.25) is 0 Å². The summed E-state index contributed by atoms with van der Waals surface area (Å²) in [4.78, 5) is 0. The first-order chi connectivity index (χ1) is 9.08. The maximum Gasteiger partial charge on any atom is 0.120 e. The zero-order chi connectivity index (χ0) is 13.8. The van der Waals surface area contributed by atoms with E-state index in [0.717, 1.165) is 24.2 Å². The summed E-state index contributed by atoms with van der Waals surface area (Å²) < 4.78 is 11.7. The lowest BCUT2D eigenvalue weighted by Crippen LogP contribution is -2.35. The normalized spacial score (nSPS) is 26.7. The number of hydrogen-bond acceptors (Lipinski definition) is 4. The van der Waals surface area contributed by atoms with Crippen LogP contribution in [0.1, 0.15) is 32.3 Å². The van der Waals surface area contributed by atoms with Crippen LogP contribution in [0, 0.1) is 11.3 Å². The van der Waals surface area contributed by atoms with Crippen molar-refractivity contribution in [1.82, 2.24) is 0 Å². The minimum absolute atomic E-state index is 0.164. The summed E-state index contributed by atoms with van der Waals surface area (Å²) in [5, 5.41) is 8.76. The number of anilines is 1. The van der Waals surface area contributed by atoms with E-state index in [-0.39, 0.29) is 18.3 Å². The molecule has 0 saturated carbocycles. The largest absolute Gasteiger partial charge is 0.490 e. The summed E-state index contributed by atoms with van der Waals surface area (Å²) in [7, 11) is 0. The van der Waals surface area contributed by atoms with Crippen LogP contribution in [0.25, 0.3) is 0 Å².